The van der Waals surface area contributed by atoms with E-state index >= 15 is 0 Å². The van der Waals surface area contributed by atoms with Crippen LogP contribution in [0.4, 0.5) is 11.6 Å². The van der Waals surface area contributed by atoms with E-state index in [-0.39, 0.29) is 11.9 Å². The number of benzene rings is 2. The van der Waals surface area contributed by atoms with E-state index in [1.807, 2.05) is 37.3 Å². The Morgan fingerprint density at radius 1 is 1.10 bits per heavy atom. The maximum Gasteiger partial charge on any atom is 0.338 e. The Balaban J connectivity index is 1.72. The van der Waals surface area contributed by atoms with Gasteiger partial charge in [-0.05, 0) is 43.2 Å². The second-order valence-corrected chi connectivity index (χ2v) is 7.64. The van der Waals surface area contributed by atoms with E-state index in [9.17, 15) is 9.59 Å². The molecule has 1 aromatic heterocycles. The third-order valence-electron chi connectivity index (χ3n) is 4.57. The summed E-state index contributed by atoms with van der Waals surface area (Å²) < 4.78 is 6.64. The van der Waals surface area contributed by atoms with Crippen molar-refractivity contribution in [1.29, 1.82) is 0 Å². The van der Waals surface area contributed by atoms with E-state index in [1.165, 1.54) is 11.8 Å². The van der Waals surface area contributed by atoms with Gasteiger partial charge in [0.2, 0.25) is 11.9 Å². The number of esters is 1. The number of amides is 1. The van der Waals surface area contributed by atoms with Crippen LogP contribution in [-0.2, 0) is 15.3 Å². The SMILES string of the molecule is CCOC(=O)c1ccc(NC(=O)C(CC)n2c(N)nnc2SCc2ccccc2)cc1. The zero-order chi connectivity index (χ0) is 22.2. The summed E-state index contributed by atoms with van der Waals surface area (Å²) in [6.45, 7) is 3.96. The standard InChI is InChI=1S/C22H25N5O3S/c1-3-18(19(28)24-17-12-10-16(11-13-17)20(29)30-4-2)27-21(23)25-26-22(27)31-14-15-8-6-5-7-9-15/h5-13,18H,3-4,14H2,1-2H3,(H2,23,25)(H,24,28). The largest absolute Gasteiger partial charge is 0.462 e. The minimum absolute atomic E-state index is 0.190. The lowest BCUT2D eigenvalue weighted by molar-refractivity contribution is -0.119. The molecular weight excluding hydrogens is 414 g/mol. The smallest absolute Gasteiger partial charge is 0.338 e. The van der Waals surface area contributed by atoms with Gasteiger partial charge in [-0.2, -0.15) is 0 Å². The zero-order valence-electron chi connectivity index (χ0n) is 17.4. The first-order chi connectivity index (χ1) is 15.0. The molecule has 0 aliphatic heterocycles. The lowest BCUT2D eigenvalue weighted by atomic mass is 10.1. The molecule has 0 aliphatic carbocycles. The molecule has 1 heterocycles. The van der Waals surface area contributed by atoms with Crippen LogP contribution in [0.3, 0.4) is 0 Å². The quantitative estimate of drug-likeness (QED) is 0.384. The van der Waals surface area contributed by atoms with Gasteiger partial charge in [-0.1, -0.05) is 49.0 Å². The van der Waals surface area contributed by atoms with Gasteiger partial charge in [-0.25, -0.2) is 4.79 Å². The van der Waals surface area contributed by atoms with Gasteiger partial charge >= 0.3 is 5.97 Å². The molecule has 0 aliphatic rings. The second-order valence-electron chi connectivity index (χ2n) is 6.70. The molecule has 0 saturated heterocycles. The molecule has 162 valence electrons. The number of aromatic nitrogens is 3. The predicted octanol–water partition coefficient (Wildman–Crippen LogP) is 3.92. The number of thioether (sulfide) groups is 1. The number of nitrogen functional groups attached to an aromatic ring is 1. The molecule has 0 bridgehead atoms. The number of rotatable bonds is 9. The first-order valence-electron chi connectivity index (χ1n) is 9.98. The fourth-order valence-corrected chi connectivity index (χ4v) is 3.96. The van der Waals surface area contributed by atoms with E-state index in [0.717, 1.165) is 5.56 Å². The molecule has 1 amide bonds. The van der Waals surface area contributed by atoms with Crippen molar-refractivity contribution < 1.29 is 14.3 Å². The van der Waals surface area contributed by atoms with Gasteiger partial charge in [0.1, 0.15) is 6.04 Å². The minimum atomic E-state index is -0.571. The Labute approximate surface area is 185 Å². The van der Waals surface area contributed by atoms with Crippen LogP contribution in [0, 0.1) is 0 Å². The van der Waals surface area contributed by atoms with Crippen molar-refractivity contribution in [2.45, 2.75) is 37.2 Å². The van der Waals surface area contributed by atoms with Gasteiger partial charge < -0.3 is 15.8 Å². The molecule has 0 saturated carbocycles. The van der Waals surface area contributed by atoms with E-state index in [2.05, 4.69) is 15.5 Å². The fourth-order valence-electron chi connectivity index (χ4n) is 3.02. The van der Waals surface area contributed by atoms with Crippen LogP contribution in [-0.4, -0.2) is 33.2 Å². The Kier molecular flexibility index (Phi) is 7.66. The molecule has 8 nitrogen and oxygen atoms in total. The summed E-state index contributed by atoms with van der Waals surface area (Å²) in [5.41, 5.74) is 8.18. The molecule has 3 N–H and O–H groups in total. The summed E-state index contributed by atoms with van der Waals surface area (Å²) in [5.74, 6) is 0.241. The number of nitrogens with one attached hydrogen (secondary N) is 1. The van der Waals surface area contributed by atoms with Gasteiger partial charge in [-0.3, -0.25) is 9.36 Å². The Morgan fingerprint density at radius 3 is 2.45 bits per heavy atom. The average molecular weight is 440 g/mol. The highest BCUT2D eigenvalue weighted by atomic mass is 32.2. The van der Waals surface area contributed by atoms with Crippen molar-refractivity contribution in [3.05, 3.63) is 65.7 Å². The third-order valence-corrected chi connectivity index (χ3v) is 5.58. The number of ether oxygens (including phenoxy) is 1. The van der Waals surface area contributed by atoms with Gasteiger partial charge in [0.15, 0.2) is 5.16 Å². The topological polar surface area (TPSA) is 112 Å². The van der Waals surface area contributed by atoms with Gasteiger partial charge in [0.25, 0.3) is 0 Å². The highest BCUT2D eigenvalue weighted by molar-refractivity contribution is 7.98. The Bertz CT molecular complexity index is 1020. The van der Waals surface area contributed by atoms with Crippen molar-refractivity contribution in [3.8, 4) is 0 Å². The lowest BCUT2D eigenvalue weighted by Gasteiger charge is -2.19. The minimum Gasteiger partial charge on any atom is -0.462 e. The molecule has 3 rings (SSSR count). The summed E-state index contributed by atoms with van der Waals surface area (Å²) in [6.07, 6.45) is 0.508. The molecule has 0 fully saturated rings. The molecule has 0 radical (unpaired) electrons. The van der Waals surface area contributed by atoms with E-state index in [0.29, 0.717) is 35.2 Å². The second kappa shape index (κ2) is 10.6. The maximum atomic E-state index is 13.0. The Hall–Kier alpha value is -3.33. The third kappa shape index (κ3) is 5.64. The molecule has 3 aromatic rings. The van der Waals surface area contributed by atoms with Crippen molar-refractivity contribution in [2.24, 2.45) is 0 Å². The number of carbonyl (C=O) groups is 2. The van der Waals surface area contributed by atoms with Crippen LogP contribution in [0.2, 0.25) is 0 Å². The number of nitrogens with two attached hydrogens (primary N) is 1. The lowest BCUT2D eigenvalue weighted by Crippen LogP contribution is -2.27. The number of nitrogens with zero attached hydrogens (tertiary/aromatic N) is 3. The summed E-state index contributed by atoms with van der Waals surface area (Å²) in [4.78, 5) is 24.8. The fraction of sp³-hybridized carbons (Fsp3) is 0.273. The number of hydrogen-bond acceptors (Lipinski definition) is 7. The average Bonchev–Trinajstić information content (AvgIpc) is 3.14. The van der Waals surface area contributed by atoms with E-state index in [1.54, 1.807) is 35.8 Å². The Morgan fingerprint density at radius 2 is 1.81 bits per heavy atom. The molecular formula is C22H25N5O3S. The summed E-state index contributed by atoms with van der Waals surface area (Å²) in [7, 11) is 0. The van der Waals surface area contributed by atoms with Crippen LogP contribution in [0.5, 0.6) is 0 Å². The molecule has 9 heteroatoms. The van der Waals surface area contributed by atoms with Crippen molar-refractivity contribution >= 4 is 35.3 Å². The highest BCUT2D eigenvalue weighted by Gasteiger charge is 2.25. The van der Waals surface area contributed by atoms with Crippen molar-refractivity contribution in [2.75, 3.05) is 17.7 Å². The summed E-state index contributed by atoms with van der Waals surface area (Å²) >= 11 is 1.48. The summed E-state index contributed by atoms with van der Waals surface area (Å²) in [6, 6.07) is 16.0. The predicted molar refractivity (Wildman–Crippen MR) is 121 cm³/mol. The zero-order valence-corrected chi connectivity index (χ0v) is 18.3. The maximum absolute atomic E-state index is 13.0. The monoisotopic (exact) mass is 439 g/mol. The van der Waals surface area contributed by atoms with E-state index < -0.39 is 12.0 Å². The molecule has 0 spiro atoms. The number of anilines is 2. The van der Waals surface area contributed by atoms with Crippen LogP contribution in [0.1, 0.15) is 42.2 Å². The van der Waals surface area contributed by atoms with Crippen molar-refractivity contribution in [1.82, 2.24) is 14.8 Å². The van der Waals surface area contributed by atoms with Gasteiger partial charge in [-0.15, -0.1) is 10.2 Å². The van der Waals surface area contributed by atoms with Crippen LogP contribution in [0.15, 0.2) is 59.8 Å². The number of hydrogen-bond donors (Lipinski definition) is 2. The normalized spacial score (nSPS) is 11.7. The van der Waals surface area contributed by atoms with Crippen LogP contribution in [0.25, 0.3) is 0 Å². The first kappa shape index (κ1) is 22.4. The number of carbonyl (C=O) groups excluding carboxylic acids is 2. The highest BCUT2D eigenvalue weighted by Crippen LogP contribution is 2.28. The van der Waals surface area contributed by atoms with Gasteiger partial charge in [0, 0.05) is 11.4 Å². The summed E-state index contributed by atoms with van der Waals surface area (Å²) in [5, 5.41) is 11.6. The van der Waals surface area contributed by atoms with Crippen molar-refractivity contribution in [3.63, 3.8) is 0 Å². The molecule has 1 atom stereocenters. The van der Waals surface area contributed by atoms with Gasteiger partial charge in [0.05, 0.1) is 12.2 Å². The molecule has 2 aromatic carbocycles. The molecule has 1 unspecified atom stereocenters. The van der Waals surface area contributed by atoms with Crippen LogP contribution < -0.4 is 11.1 Å². The van der Waals surface area contributed by atoms with Crippen LogP contribution >= 0.6 is 11.8 Å². The molecule has 31 heavy (non-hydrogen) atoms. The van der Waals surface area contributed by atoms with E-state index in [4.69, 9.17) is 10.5 Å². The first-order valence-corrected chi connectivity index (χ1v) is 11.0.